The number of phenols is 1. The van der Waals surface area contributed by atoms with Crippen LogP contribution in [0.5, 0.6) is 5.75 Å². The number of halogens is 3. The molecule has 0 bridgehead atoms. The molecular formula is C34H28BrCl2N3O5. The smallest absolute Gasteiger partial charge is 0.254 e. The van der Waals surface area contributed by atoms with Crippen LogP contribution in [0.15, 0.2) is 84.4 Å². The van der Waals surface area contributed by atoms with Crippen LogP contribution in [-0.2, 0) is 19.2 Å². The summed E-state index contributed by atoms with van der Waals surface area (Å²) in [4.78, 5) is 54.1. The van der Waals surface area contributed by atoms with Crippen LogP contribution in [0.2, 0.25) is 0 Å². The number of hydrogen-bond acceptors (Lipinski definition) is 6. The second kappa shape index (κ2) is 10.7. The lowest BCUT2D eigenvalue weighted by Crippen LogP contribution is -2.60. The van der Waals surface area contributed by atoms with Gasteiger partial charge < -0.3 is 10.4 Å². The molecule has 0 spiro atoms. The molecule has 4 aliphatic rings. The molecule has 2 aliphatic carbocycles. The van der Waals surface area contributed by atoms with E-state index in [0.717, 1.165) is 16.3 Å². The normalized spacial score (nSPS) is 30.6. The number of imide groups is 2. The summed E-state index contributed by atoms with van der Waals surface area (Å²) in [6.45, 7) is 1.73. The van der Waals surface area contributed by atoms with Crippen LogP contribution >= 0.6 is 39.1 Å². The number of amides is 4. The molecular weight excluding hydrogens is 681 g/mol. The molecule has 2 saturated heterocycles. The molecule has 11 heteroatoms. The standard InChI is InChI=1S/C34H28BrCl2N3O5/c1-18-6-5-9-24(28(18)41)27-22-14-15-23-26(25(22)16-33(36)31(44)39(17-35)32(45)34(27,33)37)30(43)40(29(23)42)21-12-10-20(11-13-21)38-19-7-3-2-4-8-19/h2-14,23,25-27,38,41H,15-17H2,1H3. The van der Waals surface area contributed by atoms with Crippen molar-refractivity contribution in [2.45, 2.75) is 35.4 Å². The van der Waals surface area contributed by atoms with E-state index in [-0.39, 0.29) is 30.0 Å². The molecule has 0 radical (unpaired) electrons. The average molecular weight is 709 g/mol. The maximum absolute atomic E-state index is 14.3. The van der Waals surface area contributed by atoms with Crippen molar-refractivity contribution in [2.24, 2.45) is 17.8 Å². The van der Waals surface area contributed by atoms with Gasteiger partial charge in [0.15, 0.2) is 9.75 Å². The Morgan fingerprint density at radius 2 is 1.58 bits per heavy atom. The first-order valence-electron chi connectivity index (χ1n) is 14.6. The molecule has 3 aromatic carbocycles. The molecule has 2 N–H and O–H groups in total. The van der Waals surface area contributed by atoms with Gasteiger partial charge in [-0.05, 0) is 67.6 Å². The fraction of sp³-hybridized carbons (Fsp3) is 0.294. The number of para-hydroxylation sites is 2. The minimum absolute atomic E-state index is 0.0672. The van der Waals surface area contributed by atoms with Crippen LogP contribution < -0.4 is 10.2 Å². The van der Waals surface area contributed by atoms with Gasteiger partial charge in [-0.15, -0.1) is 23.2 Å². The summed E-state index contributed by atoms with van der Waals surface area (Å²) >= 11 is 17.7. The first-order chi connectivity index (χ1) is 21.5. The third-order valence-electron chi connectivity index (χ3n) is 9.78. The molecule has 2 aliphatic heterocycles. The number of likely N-dealkylation sites (tertiary alicyclic amines) is 1. The average Bonchev–Trinajstić information content (AvgIpc) is 3.37. The van der Waals surface area contributed by atoms with Crippen LogP contribution in [0.4, 0.5) is 17.1 Å². The van der Waals surface area contributed by atoms with Gasteiger partial charge in [-0.1, -0.05) is 64.0 Å². The maximum atomic E-state index is 14.3. The number of nitrogens with zero attached hydrogens (tertiary/aromatic N) is 2. The van der Waals surface area contributed by atoms with Crippen LogP contribution in [0, 0.1) is 24.7 Å². The van der Waals surface area contributed by atoms with E-state index < -0.39 is 51.1 Å². The summed E-state index contributed by atoms with van der Waals surface area (Å²) in [6.07, 6.45) is 1.98. The summed E-state index contributed by atoms with van der Waals surface area (Å²) in [7, 11) is 0. The summed E-state index contributed by atoms with van der Waals surface area (Å²) < 4.78 is 0. The number of alkyl halides is 3. The largest absolute Gasteiger partial charge is 0.507 e. The predicted molar refractivity (Wildman–Crippen MR) is 175 cm³/mol. The van der Waals surface area contributed by atoms with E-state index in [9.17, 15) is 24.3 Å². The number of anilines is 3. The Labute approximate surface area is 278 Å². The van der Waals surface area contributed by atoms with Crippen molar-refractivity contribution >= 4 is 79.8 Å². The van der Waals surface area contributed by atoms with Gasteiger partial charge >= 0.3 is 0 Å². The Hall–Kier alpha value is -3.66. The first-order valence-corrected chi connectivity index (χ1v) is 16.5. The van der Waals surface area contributed by atoms with Crippen molar-refractivity contribution in [1.29, 1.82) is 0 Å². The van der Waals surface area contributed by atoms with Gasteiger partial charge in [0.2, 0.25) is 11.8 Å². The van der Waals surface area contributed by atoms with E-state index in [0.29, 0.717) is 22.4 Å². The third-order valence-corrected chi connectivity index (χ3v) is 11.7. The number of hydrogen-bond donors (Lipinski definition) is 2. The Morgan fingerprint density at radius 3 is 2.27 bits per heavy atom. The number of phenolic OH excluding ortho intramolecular Hbond substituents is 1. The highest BCUT2D eigenvalue weighted by Crippen LogP contribution is 2.66. The van der Waals surface area contributed by atoms with Crippen molar-refractivity contribution in [3.8, 4) is 5.75 Å². The van der Waals surface area contributed by atoms with Crippen molar-refractivity contribution in [2.75, 3.05) is 15.7 Å². The minimum atomic E-state index is -1.97. The second-order valence-electron chi connectivity index (χ2n) is 12.0. The lowest BCUT2D eigenvalue weighted by atomic mass is 9.56. The van der Waals surface area contributed by atoms with Crippen molar-refractivity contribution in [3.05, 3.63) is 95.6 Å². The van der Waals surface area contributed by atoms with E-state index in [4.69, 9.17) is 23.2 Å². The molecule has 7 rings (SSSR count). The van der Waals surface area contributed by atoms with E-state index in [1.807, 2.05) is 36.4 Å². The third kappa shape index (κ3) is 4.16. The summed E-state index contributed by atoms with van der Waals surface area (Å²) in [5.41, 5.74) is 3.55. The molecule has 3 fully saturated rings. The zero-order chi connectivity index (χ0) is 31.8. The molecule has 3 aromatic rings. The second-order valence-corrected chi connectivity index (χ2v) is 13.8. The lowest BCUT2D eigenvalue weighted by Gasteiger charge is -2.50. The number of nitrogens with one attached hydrogen (secondary N) is 1. The van der Waals surface area contributed by atoms with Gasteiger partial charge in [-0.3, -0.25) is 29.0 Å². The van der Waals surface area contributed by atoms with Crippen LogP contribution in [0.3, 0.4) is 0 Å². The Kier molecular flexibility index (Phi) is 7.15. The number of carbonyl (C=O) groups is 4. The minimum Gasteiger partial charge on any atom is -0.507 e. The summed E-state index contributed by atoms with van der Waals surface area (Å²) in [6, 6.07) is 21.8. The Morgan fingerprint density at radius 1 is 0.889 bits per heavy atom. The van der Waals surface area contributed by atoms with E-state index in [2.05, 4.69) is 21.2 Å². The van der Waals surface area contributed by atoms with E-state index in [1.54, 1.807) is 49.4 Å². The molecule has 4 amide bonds. The molecule has 230 valence electrons. The Bertz CT molecular complexity index is 1800. The summed E-state index contributed by atoms with van der Waals surface area (Å²) in [5.74, 6) is -5.34. The predicted octanol–water partition coefficient (Wildman–Crippen LogP) is 6.36. The number of aryl methyl sites for hydroxylation is 1. The first kappa shape index (κ1) is 30.0. The molecule has 1 saturated carbocycles. The van der Waals surface area contributed by atoms with Gasteiger partial charge in [-0.2, -0.15) is 0 Å². The van der Waals surface area contributed by atoms with E-state index in [1.165, 1.54) is 4.90 Å². The highest BCUT2D eigenvalue weighted by molar-refractivity contribution is 9.09. The lowest BCUT2D eigenvalue weighted by molar-refractivity contribution is -0.138. The highest BCUT2D eigenvalue weighted by Gasteiger charge is 2.76. The van der Waals surface area contributed by atoms with Crippen LogP contribution in [0.25, 0.3) is 0 Å². The van der Waals surface area contributed by atoms with Crippen LogP contribution in [-0.4, -0.2) is 48.8 Å². The molecule has 6 unspecified atom stereocenters. The highest BCUT2D eigenvalue weighted by atomic mass is 79.9. The number of rotatable bonds is 5. The summed E-state index contributed by atoms with van der Waals surface area (Å²) in [5, 5.41) is 14.5. The molecule has 8 nitrogen and oxygen atoms in total. The van der Waals surface area contributed by atoms with E-state index >= 15 is 0 Å². The zero-order valence-corrected chi connectivity index (χ0v) is 27.1. The van der Waals surface area contributed by atoms with Crippen molar-refractivity contribution < 1.29 is 24.3 Å². The molecule has 6 atom stereocenters. The van der Waals surface area contributed by atoms with Crippen molar-refractivity contribution in [1.82, 2.24) is 4.90 Å². The van der Waals surface area contributed by atoms with Gasteiger partial charge in [0.25, 0.3) is 11.8 Å². The SMILES string of the molecule is Cc1cccc(C2C3=CCC4C(=O)N(c5ccc(Nc6ccccc6)cc5)C(=O)C4C3CC3(Cl)C(=O)N(CBr)C(=O)C23Cl)c1O. The van der Waals surface area contributed by atoms with Gasteiger partial charge in [0.05, 0.1) is 23.0 Å². The zero-order valence-electron chi connectivity index (χ0n) is 24.0. The number of carbonyl (C=O) groups excluding carboxylic acids is 4. The topological polar surface area (TPSA) is 107 Å². The maximum Gasteiger partial charge on any atom is 0.254 e. The fourth-order valence-corrected chi connectivity index (χ4v) is 9.07. The fourth-order valence-electron chi connectivity index (χ4n) is 7.65. The van der Waals surface area contributed by atoms with Crippen molar-refractivity contribution in [3.63, 3.8) is 0 Å². The Balaban J connectivity index is 1.29. The number of fused-ring (bicyclic) bond motifs is 4. The monoisotopic (exact) mass is 707 g/mol. The molecule has 0 aromatic heterocycles. The molecule has 2 heterocycles. The van der Waals surface area contributed by atoms with Gasteiger partial charge in [0.1, 0.15) is 5.75 Å². The van der Waals surface area contributed by atoms with Gasteiger partial charge in [-0.25, -0.2) is 0 Å². The quantitative estimate of drug-likeness (QED) is 0.138. The van der Waals surface area contributed by atoms with Crippen LogP contribution in [0.1, 0.15) is 29.9 Å². The molecule has 45 heavy (non-hydrogen) atoms. The number of benzene rings is 3. The number of allylic oxidation sites excluding steroid dienone is 2. The van der Waals surface area contributed by atoms with Gasteiger partial charge in [0, 0.05) is 22.9 Å². The number of aromatic hydroxyl groups is 1.